The Morgan fingerprint density at radius 3 is 3.00 bits per heavy atom. The molecule has 0 unspecified atom stereocenters. The molecule has 4 aromatic heterocycles. The van der Waals surface area contributed by atoms with Crippen molar-refractivity contribution >= 4 is 11.4 Å². The lowest BCUT2D eigenvalue weighted by Gasteiger charge is -2.34. The molecule has 4 aromatic rings. The first-order valence-electron chi connectivity index (χ1n) is 10.0. The molecule has 1 saturated carbocycles. The number of hydrogen-bond donors (Lipinski definition) is 1. The Labute approximate surface area is 167 Å². The number of hydrogen-bond acceptors (Lipinski definition) is 4. The van der Waals surface area contributed by atoms with E-state index in [4.69, 9.17) is 5.10 Å². The van der Waals surface area contributed by atoms with Gasteiger partial charge in [-0.05, 0) is 43.5 Å². The van der Waals surface area contributed by atoms with Crippen LogP contribution in [-0.2, 0) is 6.42 Å². The number of fused-ring (bicyclic) bond motifs is 2. The molecule has 1 N–H and O–H groups in total. The van der Waals surface area contributed by atoms with Crippen LogP contribution in [0.2, 0.25) is 0 Å². The van der Waals surface area contributed by atoms with Crippen molar-refractivity contribution < 1.29 is 4.79 Å². The van der Waals surface area contributed by atoms with Gasteiger partial charge < -0.3 is 9.88 Å². The Balaban J connectivity index is 1.47. The summed E-state index contributed by atoms with van der Waals surface area (Å²) in [5.41, 5.74) is 5.62. The van der Waals surface area contributed by atoms with Crippen LogP contribution in [0.25, 0.3) is 5.52 Å². The number of amides is 1. The monoisotopic (exact) mass is 387 g/mol. The molecule has 2 aliphatic rings. The summed E-state index contributed by atoms with van der Waals surface area (Å²) >= 11 is 0. The molecule has 0 radical (unpaired) electrons. The second-order valence-electron chi connectivity index (χ2n) is 7.90. The van der Waals surface area contributed by atoms with Crippen molar-refractivity contribution in [3.8, 4) is 0 Å². The number of aryl methyl sites for hydroxylation is 1. The van der Waals surface area contributed by atoms with E-state index in [-0.39, 0.29) is 11.9 Å². The second kappa shape index (κ2) is 6.04. The summed E-state index contributed by atoms with van der Waals surface area (Å²) in [7, 11) is 0. The average Bonchev–Trinajstić information content (AvgIpc) is 3.13. The molecule has 0 aromatic carbocycles. The van der Waals surface area contributed by atoms with Crippen LogP contribution in [0.1, 0.15) is 58.1 Å². The fraction of sp³-hybridized carbons (Fsp3) is 0.333. The molecule has 0 bridgehead atoms. The quantitative estimate of drug-likeness (QED) is 0.586. The van der Waals surface area contributed by atoms with Crippen LogP contribution in [0, 0.1) is 6.92 Å². The molecule has 6 rings (SSSR count). The van der Waals surface area contributed by atoms with Gasteiger partial charge in [0.15, 0.2) is 0 Å². The van der Waals surface area contributed by atoms with E-state index in [2.05, 4.69) is 34.1 Å². The minimum Gasteiger partial charge on any atom is -0.348 e. The predicted octanol–water partition coefficient (Wildman–Crippen LogP) is 2.69. The molecule has 1 aliphatic carbocycles. The maximum atomic E-state index is 13.6. The molecular weight excluding hydrogens is 366 g/mol. The molecule has 8 heteroatoms. The van der Waals surface area contributed by atoms with Crippen molar-refractivity contribution in [2.24, 2.45) is 0 Å². The fourth-order valence-electron chi connectivity index (χ4n) is 4.35. The predicted molar refractivity (Wildman–Crippen MR) is 106 cm³/mol. The summed E-state index contributed by atoms with van der Waals surface area (Å²) < 4.78 is 3.76. The van der Waals surface area contributed by atoms with E-state index in [0.29, 0.717) is 18.3 Å². The summed E-state index contributed by atoms with van der Waals surface area (Å²) in [5, 5.41) is 9.21. The smallest absolute Gasteiger partial charge is 0.273 e. The third-order valence-electron chi connectivity index (χ3n) is 5.98. The molecule has 1 aliphatic heterocycles. The molecule has 5 heterocycles. The molecule has 0 saturated heterocycles. The van der Waals surface area contributed by atoms with Gasteiger partial charge in [-0.1, -0.05) is 6.07 Å². The highest BCUT2D eigenvalue weighted by Gasteiger charge is 2.38. The van der Waals surface area contributed by atoms with Crippen LogP contribution >= 0.6 is 0 Å². The first kappa shape index (κ1) is 16.5. The van der Waals surface area contributed by atoms with Gasteiger partial charge in [0.05, 0.1) is 29.3 Å². The highest BCUT2D eigenvalue weighted by Crippen LogP contribution is 2.38. The van der Waals surface area contributed by atoms with Gasteiger partial charge in [-0.15, -0.1) is 0 Å². The van der Waals surface area contributed by atoms with Gasteiger partial charge in [-0.2, -0.15) is 10.2 Å². The number of imidazole rings is 1. The third kappa shape index (κ3) is 2.52. The zero-order valence-electron chi connectivity index (χ0n) is 16.1. The van der Waals surface area contributed by atoms with Gasteiger partial charge in [0.2, 0.25) is 0 Å². The Hall–Kier alpha value is -3.42. The van der Waals surface area contributed by atoms with Crippen molar-refractivity contribution in [3.05, 3.63) is 71.3 Å². The summed E-state index contributed by atoms with van der Waals surface area (Å²) in [6, 6.07) is 7.98. The normalized spacial score (nSPS) is 18.9. The number of nitrogens with one attached hydrogen (secondary N) is 1. The van der Waals surface area contributed by atoms with Crippen molar-refractivity contribution in [2.45, 2.75) is 38.3 Å². The minimum absolute atomic E-state index is 0.0122. The van der Waals surface area contributed by atoms with Gasteiger partial charge in [-0.3, -0.25) is 9.48 Å². The molecule has 1 amide bonds. The van der Waals surface area contributed by atoms with Crippen LogP contribution < -0.4 is 0 Å². The number of H-pyrrole nitrogens is 1. The van der Waals surface area contributed by atoms with Crippen molar-refractivity contribution in [1.29, 1.82) is 0 Å². The van der Waals surface area contributed by atoms with Crippen LogP contribution in [0.15, 0.2) is 43.0 Å². The Morgan fingerprint density at radius 1 is 1.28 bits per heavy atom. The largest absolute Gasteiger partial charge is 0.348 e. The van der Waals surface area contributed by atoms with E-state index in [1.807, 2.05) is 32.4 Å². The Bertz CT molecular complexity index is 1230. The molecule has 29 heavy (non-hydrogen) atoms. The van der Waals surface area contributed by atoms with Crippen LogP contribution in [0.4, 0.5) is 0 Å². The average molecular weight is 387 g/mol. The minimum atomic E-state index is -0.320. The van der Waals surface area contributed by atoms with Crippen molar-refractivity contribution in [3.63, 3.8) is 0 Å². The van der Waals surface area contributed by atoms with Crippen molar-refractivity contribution in [2.75, 3.05) is 6.54 Å². The first-order chi connectivity index (χ1) is 14.2. The number of rotatable bonds is 3. The van der Waals surface area contributed by atoms with Gasteiger partial charge in [0.25, 0.3) is 5.91 Å². The molecule has 146 valence electrons. The molecule has 0 spiro atoms. The number of carbonyl (C=O) groups excluding carboxylic acids is 1. The fourth-order valence-corrected chi connectivity index (χ4v) is 4.35. The summed E-state index contributed by atoms with van der Waals surface area (Å²) in [4.78, 5) is 23.3. The Kier molecular flexibility index (Phi) is 3.44. The van der Waals surface area contributed by atoms with Crippen LogP contribution in [0.3, 0.4) is 0 Å². The van der Waals surface area contributed by atoms with E-state index >= 15 is 0 Å². The lowest BCUT2D eigenvalue weighted by molar-refractivity contribution is 0.0673. The maximum absolute atomic E-state index is 13.6. The topological polar surface area (TPSA) is 84.1 Å². The lowest BCUT2D eigenvalue weighted by Crippen LogP contribution is -2.41. The van der Waals surface area contributed by atoms with Gasteiger partial charge in [-0.25, -0.2) is 9.50 Å². The Morgan fingerprint density at radius 2 is 2.17 bits per heavy atom. The van der Waals surface area contributed by atoms with E-state index < -0.39 is 0 Å². The second-order valence-corrected chi connectivity index (χ2v) is 7.90. The summed E-state index contributed by atoms with van der Waals surface area (Å²) in [5.74, 6) is -0.0122. The van der Waals surface area contributed by atoms with Crippen LogP contribution in [-0.4, -0.2) is 46.7 Å². The van der Waals surface area contributed by atoms with E-state index in [1.165, 1.54) is 0 Å². The highest BCUT2D eigenvalue weighted by molar-refractivity contribution is 5.93. The summed E-state index contributed by atoms with van der Waals surface area (Å²) in [6.07, 6.45) is 8.29. The molecular formula is C21H21N7O. The van der Waals surface area contributed by atoms with E-state index in [0.717, 1.165) is 47.4 Å². The number of aromatic nitrogens is 6. The standard InChI is InChI=1S/C21H21N7O/c1-13-3-2-9-27-18(13)11-16(25-27)20-19-15(22-12-23-19)7-10-26(20)21(29)17-6-8-24-28(17)14-4-5-14/h2-3,6,8-9,11-12,14,20H,4-5,7,10H2,1H3,(H,22,23)/t20-/m1/s1. The number of pyridine rings is 1. The number of nitrogens with zero attached hydrogens (tertiary/aromatic N) is 6. The lowest BCUT2D eigenvalue weighted by atomic mass is 9.99. The maximum Gasteiger partial charge on any atom is 0.273 e. The van der Waals surface area contributed by atoms with Gasteiger partial charge >= 0.3 is 0 Å². The zero-order valence-corrected chi connectivity index (χ0v) is 16.1. The van der Waals surface area contributed by atoms with E-state index in [9.17, 15) is 4.79 Å². The zero-order chi connectivity index (χ0) is 19.5. The number of aromatic amines is 1. The highest BCUT2D eigenvalue weighted by atomic mass is 16.2. The third-order valence-corrected chi connectivity index (χ3v) is 5.98. The molecule has 1 fully saturated rings. The first-order valence-corrected chi connectivity index (χ1v) is 10.0. The van der Waals surface area contributed by atoms with E-state index in [1.54, 1.807) is 12.5 Å². The van der Waals surface area contributed by atoms with Gasteiger partial charge in [0, 0.05) is 31.1 Å². The molecule has 1 atom stereocenters. The van der Waals surface area contributed by atoms with Crippen molar-refractivity contribution in [1.82, 2.24) is 34.3 Å². The van der Waals surface area contributed by atoms with Gasteiger partial charge in [0.1, 0.15) is 11.7 Å². The summed E-state index contributed by atoms with van der Waals surface area (Å²) in [6.45, 7) is 2.68. The molecule has 8 nitrogen and oxygen atoms in total. The number of carbonyl (C=O) groups is 1. The van der Waals surface area contributed by atoms with Crippen LogP contribution in [0.5, 0.6) is 0 Å². The SMILES string of the molecule is Cc1cccn2nc([C@@H]3c4nc[nH]c4CCN3C(=O)c3ccnn3C3CC3)cc12.